The predicted molar refractivity (Wildman–Crippen MR) is 109 cm³/mol. The van der Waals surface area contributed by atoms with E-state index < -0.39 is 21.8 Å². The number of rotatable bonds is 9. The molecule has 0 saturated heterocycles. The first-order chi connectivity index (χ1) is 13.1. The van der Waals surface area contributed by atoms with Gasteiger partial charge in [-0.1, -0.05) is 48.0 Å². The summed E-state index contributed by atoms with van der Waals surface area (Å²) >= 11 is 3.45. The number of benzene rings is 1. The van der Waals surface area contributed by atoms with Crippen molar-refractivity contribution in [3.05, 3.63) is 29.8 Å². The largest absolute Gasteiger partial charge is 0.416 e. The molecular weight excluding hydrogens is 455 g/mol. The SMILES string of the molecule is CN(CC1CCC(CCCCCBr)CC1)S(=O)(=O)c1ccc(C(F)(F)F)cc1. The summed E-state index contributed by atoms with van der Waals surface area (Å²) in [4.78, 5) is -0.0940. The molecular formula is C20H29BrF3NO2S. The van der Waals surface area contributed by atoms with Crippen molar-refractivity contribution in [3.63, 3.8) is 0 Å². The second-order valence-corrected chi connectivity index (χ2v) is 10.6. The van der Waals surface area contributed by atoms with Gasteiger partial charge in [0.05, 0.1) is 10.5 Å². The molecule has 0 unspecified atom stereocenters. The summed E-state index contributed by atoms with van der Waals surface area (Å²) in [6.07, 6.45) is 4.77. The molecule has 1 aliphatic rings. The fourth-order valence-corrected chi connectivity index (χ4v) is 5.51. The molecule has 1 saturated carbocycles. The molecule has 0 N–H and O–H groups in total. The van der Waals surface area contributed by atoms with Gasteiger partial charge in [-0.05, 0) is 55.4 Å². The average Bonchev–Trinajstić information content (AvgIpc) is 2.66. The predicted octanol–water partition coefficient (Wildman–Crippen LogP) is 6.09. The third-order valence-corrected chi connectivity index (χ3v) is 8.02. The van der Waals surface area contributed by atoms with Crippen molar-refractivity contribution in [1.29, 1.82) is 0 Å². The third kappa shape index (κ3) is 6.73. The van der Waals surface area contributed by atoms with E-state index in [9.17, 15) is 21.6 Å². The quantitative estimate of drug-likeness (QED) is 0.314. The Morgan fingerprint density at radius 2 is 1.57 bits per heavy atom. The van der Waals surface area contributed by atoms with Crippen molar-refractivity contribution < 1.29 is 21.6 Å². The molecule has 0 aromatic heterocycles. The van der Waals surface area contributed by atoms with E-state index >= 15 is 0 Å². The summed E-state index contributed by atoms with van der Waals surface area (Å²) in [6, 6.07) is 3.72. The highest BCUT2D eigenvalue weighted by atomic mass is 79.9. The third-order valence-electron chi connectivity index (χ3n) is 5.62. The van der Waals surface area contributed by atoms with E-state index in [-0.39, 0.29) is 4.90 Å². The molecule has 3 nitrogen and oxygen atoms in total. The number of hydrogen-bond acceptors (Lipinski definition) is 2. The second kappa shape index (κ2) is 10.4. The van der Waals surface area contributed by atoms with Gasteiger partial charge in [-0.2, -0.15) is 13.2 Å². The van der Waals surface area contributed by atoms with Gasteiger partial charge in [0.2, 0.25) is 10.0 Å². The summed E-state index contributed by atoms with van der Waals surface area (Å²) in [5.41, 5.74) is -0.844. The minimum atomic E-state index is -4.47. The van der Waals surface area contributed by atoms with E-state index in [0.717, 1.165) is 61.2 Å². The zero-order valence-electron chi connectivity index (χ0n) is 16.2. The standard InChI is InChI=1S/C20H29BrF3NO2S/c1-25(15-17-8-6-16(7-9-17)5-3-2-4-14-21)28(26,27)19-12-10-18(11-13-19)20(22,23)24/h10-13,16-17H,2-9,14-15H2,1H3. The summed E-state index contributed by atoms with van der Waals surface area (Å²) in [6.45, 7) is 0.416. The van der Waals surface area contributed by atoms with Crippen LogP contribution in [0.5, 0.6) is 0 Å². The Kier molecular flexibility index (Phi) is 8.82. The van der Waals surface area contributed by atoms with E-state index in [2.05, 4.69) is 15.9 Å². The molecule has 2 rings (SSSR count). The molecule has 1 aliphatic carbocycles. The van der Waals surface area contributed by atoms with Crippen LogP contribution in [0.2, 0.25) is 0 Å². The Balaban J connectivity index is 1.86. The molecule has 8 heteroatoms. The van der Waals surface area contributed by atoms with Gasteiger partial charge in [0, 0.05) is 18.9 Å². The molecule has 28 heavy (non-hydrogen) atoms. The highest BCUT2D eigenvalue weighted by molar-refractivity contribution is 9.09. The summed E-state index contributed by atoms with van der Waals surface area (Å²) in [5.74, 6) is 1.05. The summed E-state index contributed by atoms with van der Waals surface area (Å²) < 4.78 is 64.6. The van der Waals surface area contributed by atoms with Crippen LogP contribution < -0.4 is 0 Å². The van der Waals surface area contributed by atoms with Crippen LogP contribution in [0.3, 0.4) is 0 Å². The fraction of sp³-hybridized carbons (Fsp3) is 0.700. The highest BCUT2D eigenvalue weighted by Crippen LogP contribution is 2.34. The number of sulfonamides is 1. The first kappa shape index (κ1) is 23.7. The second-order valence-electron chi connectivity index (χ2n) is 7.73. The van der Waals surface area contributed by atoms with Gasteiger partial charge >= 0.3 is 6.18 Å². The van der Waals surface area contributed by atoms with Gasteiger partial charge < -0.3 is 0 Å². The zero-order valence-corrected chi connectivity index (χ0v) is 18.6. The van der Waals surface area contributed by atoms with Crippen molar-refractivity contribution in [2.75, 3.05) is 18.9 Å². The Labute approximate surface area is 174 Å². The molecule has 1 aromatic carbocycles. The Morgan fingerprint density at radius 3 is 2.11 bits per heavy atom. The first-order valence-corrected chi connectivity index (χ1v) is 12.4. The molecule has 0 amide bonds. The van der Waals surface area contributed by atoms with Crippen molar-refractivity contribution in [3.8, 4) is 0 Å². The Hall–Kier alpha value is -0.600. The van der Waals surface area contributed by atoms with Gasteiger partial charge in [0.1, 0.15) is 0 Å². The molecule has 0 atom stereocenters. The average molecular weight is 484 g/mol. The molecule has 1 aromatic rings. The Bertz CT molecular complexity index is 699. The van der Waals surface area contributed by atoms with E-state index in [1.165, 1.54) is 37.0 Å². The van der Waals surface area contributed by atoms with Crippen LogP contribution in [-0.4, -0.2) is 31.6 Å². The molecule has 160 valence electrons. The smallest absolute Gasteiger partial charge is 0.207 e. The van der Waals surface area contributed by atoms with Crippen LogP contribution in [0.1, 0.15) is 56.9 Å². The monoisotopic (exact) mass is 483 g/mol. The van der Waals surface area contributed by atoms with E-state index in [1.54, 1.807) is 0 Å². The van der Waals surface area contributed by atoms with Crippen LogP contribution in [0.15, 0.2) is 29.2 Å². The lowest BCUT2D eigenvalue weighted by atomic mass is 9.80. The molecule has 0 radical (unpaired) electrons. The van der Waals surface area contributed by atoms with Crippen LogP contribution in [0, 0.1) is 11.8 Å². The first-order valence-electron chi connectivity index (χ1n) is 9.84. The topological polar surface area (TPSA) is 37.4 Å². The van der Waals surface area contributed by atoms with Gasteiger partial charge in [0.15, 0.2) is 0 Å². The Morgan fingerprint density at radius 1 is 1.00 bits per heavy atom. The number of unbranched alkanes of at least 4 members (excludes halogenated alkanes) is 2. The molecule has 0 aliphatic heterocycles. The minimum absolute atomic E-state index is 0.0940. The molecule has 0 bridgehead atoms. The molecule has 1 fully saturated rings. The van der Waals surface area contributed by atoms with Gasteiger partial charge in [-0.25, -0.2) is 12.7 Å². The van der Waals surface area contributed by atoms with Gasteiger partial charge in [-0.3, -0.25) is 0 Å². The van der Waals surface area contributed by atoms with Crippen molar-refractivity contribution >= 4 is 26.0 Å². The van der Waals surface area contributed by atoms with Crippen LogP contribution in [0.25, 0.3) is 0 Å². The normalized spacial score (nSPS) is 21.2. The zero-order chi connectivity index (χ0) is 20.8. The molecule has 0 spiro atoms. The summed E-state index contributed by atoms with van der Waals surface area (Å²) in [7, 11) is -2.26. The van der Waals surface area contributed by atoms with Crippen molar-refractivity contribution in [1.82, 2.24) is 4.31 Å². The van der Waals surface area contributed by atoms with Gasteiger partial charge in [-0.15, -0.1) is 0 Å². The van der Waals surface area contributed by atoms with Crippen LogP contribution in [-0.2, 0) is 16.2 Å². The van der Waals surface area contributed by atoms with Crippen molar-refractivity contribution in [2.45, 2.75) is 62.4 Å². The number of hydrogen-bond donors (Lipinski definition) is 0. The van der Waals surface area contributed by atoms with Crippen LogP contribution in [0.4, 0.5) is 13.2 Å². The van der Waals surface area contributed by atoms with Crippen molar-refractivity contribution in [2.24, 2.45) is 11.8 Å². The van der Waals surface area contributed by atoms with E-state index in [4.69, 9.17) is 0 Å². The van der Waals surface area contributed by atoms with E-state index in [1.807, 2.05) is 0 Å². The van der Waals surface area contributed by atoms with Gasteiger partial charge in [0.25, 0.3) is 0 Å². The fourth-order valence-electron chi connectivity index (χ4n) is 3.86. The highest BCUT2D eigenvalue weighted by Gasteiger charge is 2.32. The maximum atomic E-state index is 12.7. The maximum absolute atomic E-state index is 12.7. The van der Waals surface area contributed by atoms with E-state index in [0.29, 0.717) is 12.5 Å². The number of alkyl halides is 4. The maximum Gasteiger partial charge on any atom is 0.416 e. The lowest BCUT2D eigenvalue weighted by Crippen LogP contribution is -2.33. The minimum Gasteiger partial charge on any atom is -0.207 e. The van der Waals surface area contributed by atoms with Crippen LogP contribution >= 0.6 is 15.9 Å². The molecule has 0 heterocycles. The number of nitrogens with zero attached hydrogens (tertiary/aromatic N) is 1. The lowest BCUT2D eigenvalue weighted by Gasteiger charge is -2.31. The number of halogens is 4. The lowest BCUT2D eigenvalue weighted by molar-refractivity contribution is -0.137. The summed E-state index contributed by atoms with van der Waals surface area (Å²) in [5, 5.41) is 1.06.